The lowest BCUT2D eigenvalue weighted by molar-refractivity contribution is 0.536. The Morgan fingerprint density at radius 3 is 2.68 bits per heavy atom. The second-order valence-corrected chi connectivity index (χ2v) is 4.96. The maximum absolute atomic E-state index is 13.0. The summed E-state index contributed by atoms with van der Waals surface area (Å²) < 4.78 is 20.4. The van der Waals surface area contributed by atoms with Crippen molar-refractivity contribution in [1.29, 1.82) is 0 Å². The lowest BCUT2D eigenvalue weighted by Gasteiger charge is -2.05. The SMILES string of the molecule is Fc1ccc(Cc2nc3cccnc3n2-c2ccco2)cc1. The predicted octanol–water partition coefficient (Wildman–Crippen LogP) is 3.74. The molecule has 0 aliphatic heterocycles. The molecule has 0 aliphatic carbocycles. The van der Waals surface area contributed by atoms with Crippen molar-refractivity contribution in [3.8, 4) is 5.88 Å². The van der Waals surface area contributed by atoms with Crippen LogP contribution in [-0.4, -0.2) is 14.5 Å². The fourth-order valence-electron chi connectivity index (χ4n) is 2.49. The molecule has 22 heavy (non-hydrogen) atoms. The lowest BCUT2D eigenvalue weighted by Crippen LogP contribution is -2.02. The topological polar surface area (TPSA) is 43.9 Å². The van der Waals surface area contributed by atoms with Crippen molar-refractivity contribution in [3.63, 3.8) is 0 Å². The van der Waals surface area contributed by atoms with Gasteiger partial charge in [-0.1, -0.05) is 12.1 Å². The largest absolute Gasteiger partial charge is 0.448 e. The molecule has 4 nitrogen and oxygen atoms in total. The van der Waals surface area contributed by atoms with Gasteiger partial charge in [0.2, 0.25) is 5.88 Å². The fraction of sp³-hybridized carbons (Fsp3) is 0.0588. The van der Waals surface area contributed by atoms with Crippen LogP contribution in [0.25, 0.3) is 17.0 Å². The third-order valence-electron chi connectivity index (χ3n) is 3.49. The minimum absolute atomic E-state index is 0.245. The fourth-order valence-corrected chi connectivity index (χ4v) is 2.49. The summed E-state index contributed by atoms with van der Waals surface area (Å²) in [6.07, 6.45) is 3.91. The smallest absolute Gasteiger partial charge is 0.206 e. The molecule has 3 heterocycles. The minimum Gasteiger partial charge on any atom is -0.448 e. The Morgan fingerprint density at radius 2 is 1.91 bits per heavy atom. The van der Waals surface area contributed by atoms with Crippen LogP contribution in [0, 0.1) is 5.82 Å². The Kier molecular flexibility index (Phi) is 2.96. The van der Waals surface area contributed by atoms with Crippen LogP contribution in [0.3, 0.4) is 0 Å². The lowest BCUT2D eigenvalue weighted by atomic mass is 10.1. The van der Waals surface area contributed by atoms with Crippen molar-refractivity contribution in [2.24, 2.45) is 0 Å². The highest BCUT2D eigenvalue weighted by Gasteiger charge is 2.15. The number of furan rings is 1. The van der Waals surface area contributed by atoms with E-state index in [0.29, 0.717) is 12.3 Å². The summed E-state index contributed by atoms with van der Waals surface area (Å²) in [7, 11) is 0. The van der Waals surface area contributed by atoms with Gasteiger partial charge in [-0.15, -0.1) is 0 Å². The maximum Gasteiger partial charge on any atom is 0.206 e. The Morgan fingerprint density at radius 1 is 1.05 bits per heavy atom. The molecule has 0 saturated heterocycles. The number of halogens is 1. The number of hydrogen-bond acceptors (Lipinski definition) is 3. The third kappa shape index (κ3) is 2.16. The summed E-state index contributed by atoms with van der Waals surface area (Å²) in [5.41, 5.74) is 2.52. The predicted molar refractivity (Wildman–Crippen MR) is 80.3 cm³/mol. The van der Waals surface area contributed by atoms with E-state index in [9.17, 15) is 4.39 Å². The van der Waals surface area contributed by atoms with Crippen LogP contribution in [-0.2, 0) is 6.42 Å². The van der Waals surface area contributed by atoms with Crippen LogP contribution < -0.4 is 0 Å². The first-order chi connectivity index (χ1) is 10.8. The van der Waals surface area contributed by atoms with E-state index in [-0.39, 0.29) is 5.82 Å². The van der Waals surface area contributed by atoms with Gasteiger partial charge < -0.3 is 4.42 Å². The molecular formula is C17H12FN3O. The highest BCUT2D eigenvalue weighted by molar-refractivity contribution is 5.73. The molecule has 0 radical (unpaired) electrons. The van der Waals surface area contributed by atoms with Crippen molar-refractivity contribution >= 4 is 11.2 Å². The first-order valence-electron chi connectivity index (χ1n) is 6.92. The number of hydrogen-bond donors (Lipinski definition) is 0. The summed E-state index contributed by atoms with van der Waals surface area (Å²) in [6.45, 7) is 0. The number of aromatic nitrogens is 3. The van der Waals surface area contributed by atoms with Gasteiger partial charge in [-0.2, -0.15) is 0 Å². The summed E-state index contributed by atoms with van der Waals surface area (Å²) in [6, 6.07) is 13.9. The zero-order chi connectivity index (χ0) is 14.9. The maximum atomic E-state index is 13.0. The molecule has 0 aliphatic rings. The summed E-state index contributed by atoms with van der Waals surface area (Å²) >= 11 is 0. The number of rotatable bonds is 3. The molecule has 0 N–H and O–H groups in total. The van der Waals surface area contributed by atoms with E-state index in [1.165, 1.54) is 12.1 Å². The van der Waals surface area contributed by atoms with Gasteiger partial charge in [0.05, 0.1) is 6.26 Å². The number of nitrogens with zero attached hydrogens (tertiary/aromatic N) is 3. The van der Waals surface area contributed by atoms with Crippen molar-refractivity contribution < 1.29 is 8.81 Å². The van der Waals surface area contributed by atoms with Gasteiger partial charge in [0, 0.05) is 18.7 Å². The summed E-state index contributed by atoms with van der Waals surface area (Å²) in [5, 5.41) is 0. The van der Waals surface area contributed by atoms with Gasteiger partial charge >= 0.3 is 0 Å². The Hall–Kier alpha value is -2.95. The highest BCUT2D eigenvalue weighted by atomic mass is 19.1. The second kappa shape index (κ2) is 5.11. The van der Waals surface area contributed by atoms with Gasteiger partial charge in [-0.05, 0) is 35.9 Å². The zero-order valence-corrected chi connectivity index (χ0v) is 11.6. The van der Waals surface area contributed by atoms with Crippen LogP contribution in [0.4, 0.5) is 4.39 Å². The average molecular weight is 293 g/mol. The van der Waals surface area contributed by atoms with Gasteiger partial charge in [-0.25, -0.2) is 18.9 Å². The molecule has 3 aromatic heterocycles. The molecule has 0 fully saturated rings. The standard InChI is InChI=1S/C17H12FN3O/c18-13-7-5-12(6-8-13)11-15-20-14-3-1-9-19-17(14)21(15)16-4-2-10-22-16/h1-10H,11H2. The van der Waals surface area contributed by atoms with Crippen LogP contribution in [0.5, 0.6) is 0 Å². The first-order valence-corrected chi connectivity index (χ1v) is 6.92. The monoisotopic (exact) mass is 293 g/mol. The Labute approximate surface area is 125 Å². The van der Waals surface area contributed by atoms with Crippen molar-refractivity contribution in [2.75, 3.05) is 0 Å². The second-order valence-electron chi connectivity index (χ2n) is 4.96. The van der Waals surface area contributed by atoms with E-state index in [0.717, 1.165) is 22.6 Å². The molecule has 1 aromatic carbocycles. The molecule has 0 amide bonds. The number of pyridine rings is 1. The molecule has 0 saturated carbocycles. The van der Waals surface area contributed by atoms with Crippen molar-refractivity contribution in [1.82, 2.24) is 14.5 Å². The number of fused-ring (bicyclic) bond motifs is 1. The van der Waals surface area contributed by atoms with Gasteiger partial charge in [-0.3, -0.25) is 0 Å². The molecule has 0 atom stereocenters. The molecule has 108 valence electrons. The van der Waals surface area contributed by atoms with Gasteiger partial charge in [0.25, 0.3) is 0 Å². The van der Waals surface area contributed by atoms with Crippen molar-refractivity contribution in [2.45, 2.75) is 6.42 Å². The highest BCUT2D eigenvalue weighted by Crippen LogP contribution is 2.22. The van der Waals surface area contributed by atoms with E-state index in [4.69, 9.17) is 4.42 Å². The van der Waals surface area contributed by atoms with Crippen LogP contribution >= 0.6 is 0 Å². The van der Waals surface area contributed by atoms with E-state index >= 15 is 0 Å². The average Bonchev–Trinajstić information content (AvgIpc) is 3.16. The normalized spacial score (nSPS) is 11.1. The quantitative estimate of drug-likeness (QED) is 0.578. The number of benzene rings is 1. The van der Waals surface area contributed by atoms with E-state index < -0.39 is 0 Å². The van der Waals surface area contributed by atoms with Crippen LogP contribution in [0.1, 0.15) is 11.4 Å². The van der Waals surface area contributed by atoms with Crippen molar-refractivity contribution in [3.05, 3.63) is 78.2 Å². The van der Waals surface area contributed by atoms with Crippen LogP contribution in [0.2, 0.25) is 0 Å². The van der Waals surface area contributed by atoms with E-state index in [1.807, 2.05) is 28.8 Å². The molecule has 4 aromatic rings. The van der Waals surface area contributed by atoms with Crippen LogP contribution in [0.15, 0.2) is 65.4 Å². The zero-order valence-electron chi connectivity index (χ0n) is 11.6. The number of imidazole rings is 1. The molecule has 5 heteroatoms. The molecule has 0 bridgehead atoms. The first kappa shape index (κ1) is 12.8. The Bertz CT molecular complexity index is 911. The third-order valence-corrected chi connectivity index (χ3v) is 3.49. The molecule has 4 rings (SSSR count). The van der Waals surface area contributed by atoms with E-state index in [1.54, 1.807) is 24.6 Å². The summed E-state index contributed by atoms with van der Waals surface area (Å²) in [5.74, 6) is 1.22. The van der Waals surface area contributed by atoms with Gasteiger partial charge in [0.1, 0.15) is 17.2 Å². The molecule has 0 unspecified atom stereocenters. The molecular weight excluding hydrogens is 281 g/mol. The van der Waals surface area contributed by atoms with Gasteiger partial charge in [0.15, 0.2) is 5.65 Å². The minimum atomic E-state index is -0.245. The van der Waals surface area contributed by atoms with E-state index in [2.05, 4.69) is 9.97 Å². The summed E-state index contributed by atoms with van der Waals surface area (Å²) in [4.78, 5) is 9.03. The molecule has 0 spiro atoms. The Balaban J connectivity index is 1.86.